The lowest BCUT2D eigenvalue weighted by Crippen LogP contribution is -2.17. The summed E-state index contributed by atoms with van der Waals surface area (Å²) in [4.78, 5) is 44.5. The van der Waals surface area contributed by atoms with Gasteiger partial charge in [-0.05, 0) is 13.8 Å². The number of hydrogen-bond donors (Lipinski definition) is 0. The van der Waals surface area contributed by atoms with E-state index in [1.807, 2.05) is 0 Å². The molecule has 0 aromatic heterocycles. The Morgan fingerprint density at radius 1 is 0.556 bits per heavy atom. The lowest BCUT2D eigenvalue weighted by atomic mass is 10.4. The summed E-state index contributed by atoms with van der Waals surface area (Å²) in [5.74, 6) is -1.16. The highest BCUT2D eigenvalue weighted by atomic mass is 16.7. The summed E-state index contributed by atoms with van der Waals surface area (Å²) in [6, 6.07) is 0. The summed E-state index contributed by atoms with van der Waals surface area (Å²) >= 11 is 0. The average Bonchev–Trinajstić information content (AvgIpc) is 2.61. The van der Waals surface area contributed by atoms with E-state index >= 15 is 0 Å². The number of carbonyl (C=O) groups is 4. The molecule has 152 valence electrons. The number of rotatable bonds is 12. The molecule has 0 aliphatic carbocycles. The summed E-state index contributed by atoms with van der Waals surface area (Å²) < 4.78 is 28.2. The van der Waals surface area contributed by atoms with E-state index < -0.39 is 24.2 Å². The van der Waals surface area contributed by atoms with Crippen LogP contribution in [-0.2, 0) is 38.0 Å². The molecule has 0 spiro atoms. The second-order valence-electron chi connectivity index (χ2n) is 5.08. The highest BCUT2D eigenvalue weighted by Crippen LogP contribution is 1.95. The monoisotopic (exact) mass is 388 g/mol. The minimum absolute atomic E-state index is 0.0477. The zero-order valence-electron chi connectivity index (χ0n) is 15.4. The Kier molecular flexibility index (Phi) is 12.6. The standard InChI is InChI=1S/C17H24O10/c1-12(2)14(18)22-8-10-26-16(20)24-6-5-7-25-17(21)27-11-9-23-15(19)13(3)4/h1,3,5-11H2,2,4H3. The molecule has 0 aromatic carbocycles. The molecule has 0 heterocycles. The van der Waals surface area contributed by atoms with Gasteiger partial charge in [-0.3, -0.25) is 0 Å². The molecule has 10 nitrogen and oxygen atoms in total. The van der Waals surface area contributed by atoms with Crippen LogP contribution in [0.3, 0.4) is 0 Å². The molecule has 0 amide bonds. The molecule has 0 atom stereocenters. The van der Waals surface area contributed by atoms with Gasteiger partial charge in [0.25, 0.3) is 0 Å². The molecule has 0 saturated carbocycles. The quantitative estimate of drug-likeness (QED) is 0.212. The predicted molar refractivity (Wildman–Crippen MR) is 90.8 cm³/mol. The normalized spacial score (nSPS) is 9.56. The molecule has 0 rings (SSSR count). The smallest absolute Gasteiger partial charge is 0.459 e. The Hall–Kier alpha value is -3.04. The molecule has 0 unspecified atom stereocenters. The highest BCUT2D eigenvalue weighted by molar-refractivity contribution is 5.87. The lowest BCUT2D eigenvalue weighted by Gasteiger charge is -2.08. The van der Waals surface area contributed by atoms with Crippen molar-refractivity contribution >= 4 is 24.2 Å². The van der Waals surface area contributed by atoms with Crippen molar-refractivity contribution in [2.45, 2.75) is 20.3 Å². The summed E-state index contributed by atoms with van der Waals surface area (Å²) in [6.07, 6.45) is -1.66. The minimum atomic E-state index is -0.941. The number of esters is 2. The van der Waals surface area contributed by atoms with Gasteiger partial charge in [-0.25, -0.2) is 19.2 Å². The molecule has 10 heteroatoms. The van der Waals surface area contributed by atoms with Gasteiger partial charge in [0.05, 0.1) is 13.2 Å². The fourth-order valence-electron chi connectivity index (χ4n) is 1.22. The number of ether oxygens (including phenoxy) is 6. The van der Waals surface area contributed by atoms with Gasteiger partial charge in [-0.1, -0.05) is 13.2 Å². The van der Waals surface area contributed by atoms with E-state index in [2.05, 4.69) is 22.6 Å². The van der Waals surface area contributed by atoms with E-state index in [1.165, 1.54) is 13.8 Å². The third-order valence-corrected chi connectivity index (χ3v) is 2.50. The third kappa shape index (κ3) is 13.9. The maximum Gasteiger partial charge on any atom is 0.508 e. The van der Waals surface area contributed by atoms with Crippen molar-refractivity contribution < 1.29 is 47.6 Å². The molecule has 0 aliphatic heterocycles. The van der Waals surface area contributed by atoms with Gasteiger partial charge in [-0.2, -0.15) is 0 Å². The van der Waals surface area contributed by atoms with Gasteiger partial charge in [0.15, 0.2) is 0 Å². The van der Waals surface area contributed by atoms with Gasteiger partial charge >= 0.3 is 24.2 Å². The van der Waals surface area contributed by atoms with Gasteiger partial charge in [0.1, 0.15) is 26.4 Å². The third-order valence-electron chi connectivity index (χ3n) is 2.50. The van der Waals surface area contributed by atoms with Gasteiger partial charge in [0.2, 0.25) is 0 Å². The first-order valence-corrected chi connectivity index (χ1v) is 7.98. The van der Waals surface area contributed by atoms with Crippen molar-refractivity contribution in [3.8, 4) is 0 Å². The van der Waals surface area contributed by atoms with E-state index in [0.717, 1.165) is 0 Å². The first-order chi connectivity index (χ1) is 12.7. The molecule has 0 fully saturated rings. The van der Waals surface area contributed by atoms with Crippen LogP contribution in [0.15, 0.2) is 24.3 Å². The average molecular weight is 388 g/mol. The van der Waals surface area contributed by atoms with Crippen molar-refractivity contribution in [1.82, 2.24) is 0 Å². The van der Waals surface area contributed by atoms with Crippen molar-refractivity contribution in [2.24, 2.45) is 0 Å². The van der Waals surface area contributed by atoms with Crippen LogP contribution in [0, 0.1) is 0 Å². The summed E-state index contributed by atoms with van der Waals surface area (Å²) in [7, 11) is 0. The Balaban J connectivity index is 3.53. The predicted octanol–water partition coefficient (Wildman–Crippen LogP) is 1.92. The fourth-order valence-corrected chi connectivity index (χ4v) is 1.22. The topological polar surface area (TPSA) is 124 Å². The zero-order valence-corrected chi connectivity index (χ0v) is 15.4. The van der Waals surface area contributed by atoms with Gasteiger partial charge < -0.3 is 28.4 Å². The van der Waals surface area contributed by atoms with E-state index in [0.29, 0.717) is 0 Å². The molecule has 0 aromatic rings. The lowest BCUT2D eigenvalue weighted by molar-refractivity contribution is -0.140. The maximum atomic E-state index is 11.2. The largest absolute Gasteiger partial charge is 0.508 e. The molecular weight excluding hydrogens is 364 g/mol. The Bertz CT molecular complexity index is 504. The van der Waals surface area contributed by atoms with Crippen LogP contribution < -0.4 is 0 Å². The van der Waals surface area contributed by atoms with Crippen LogP contribution in [0.2, 0.25) is 0 Å². The van der Waals surface area contributed by atoms with Crippen LogP contribution in [-0.4, -0.2) is 63.9 Å². The number of carbonyl (C=O) groups excluding carboxylic acids is 4. The minimum Gasteiger partial charge on any atom is -0.459 e. The molecule has 0 radical (unpaired) electrons. The van der Waals surface area contributed by atoms with Crippen LogP contribution in [0.4, 0.5) is 9.59 Å². The van der Waals surface area contributed by atoms with E-state index in [4.69, 9.17) is 18.9 Å². The number of hydrogen-bond acceptors (Lipinski definition) is 10. The second kappa shape index (κ2) is 14.2. The van der Waals surface area contributed by atoms with Crippen LogP contribution in [0.25, 0.3) is 0 Å². The zero-order chi connectivity index (χ0) is 20.7. The van der Waals surface area contributed by atoms with E-state index in [9.17, 15) is 19.2 Å². The molecule has 27 heavy (non-hydrogen) atoms. The van der Waals surface area contributed by atoms with Gasteiger partial charge in [0, 0.05) is 17.6 Å². The molecule has 0 bridgehead atoms. The van der Waals surface area contributed by atoms with Crippen molar-refractivity contribution in [3.63, 3.8) is 0 Å². The van der Waals surface area contributed by atoms with Crippen molar-refractivity contribution in [1.29, 1.82) is 0 Å². The second-order valence-corrected chi connectivity index (χ2v) is 5.08. The molecular formula is C17H24O10. The van der Waals surface area contributed by atoms with Crippen LogP contribution in [0.5, 0.6) is 0 Å². The molecule has 0 saturated heterocycles. The van der Waals surface area contributed by atoms with Gasteiger partial charge in [-0.15, -0.1) is 0 Å². The Morgan fingerprint density at radius 3 is 1.19 bits per heavy atom. The summed E-state index contributed by atoms with van der Waals surface area (Å²) in [5.41, 5.74) is 0.480. The van der Waals surface area contributed by atoms with E-state index in [1.54, 1.807) is 0 Å². The van der Waals surface area contributed by atoms with Crippen molar-refractivity contribution in [3.05, 3.63) is 24.3 Å². The maximum absolute atomic E-state index is 11.2. The first-order valence-electron chi connectivity index (χ1n) is 7.98. The Morgan fingerprint density at radius 2 is 0.852 bits per heavy atom. The SMILES string of the molecule is C=C(C)C(=O)OCCOC(=O)OCCCOC(=O)OCCOC(=O)C(=C)C. The molecule has 0 N–H and O–H groups in total. The van der Waals surface area contributed by atoms with Crippen LogP contribution in [0.1, 0.15) is 20.3 Å². The van der Waals surface area contributed by atoms with E-state index in [-0.39, 0.29) is 57.2 Å². The molecule has 0 aliphatic rings. The van der Waals surface area contributed by atoms with Crippen molar-refractivity contribution in [2.75, 3.05) is 39.6 Å². The summed E-state index contributed by atoms with van der Waals surface area (Å²) in [5, 5.41) is 0. The Labute approximate surface area is 157 Å². The first kappa shape index (κ1) is 24.0. The fraction of sp³-hybridized carbons (Fsp3) is 0.529. The van der Waals surface area contributed by atoms with Crippen LogP contribution >= 0.6 is 0 Å². The highest BCUT2D eigenvalue weighted by Gasteiger charge is 2.08. The summed E-state index contributed by atoms with van der Waals surface area (Å²) in [6.45, 7) is 9.15.